The fourth-order valence-electron chi connectivity index (χ4n) is 2.43. The van der Waals surface area contributed by atoms with Gasteiger partial charge in [-0.25, -0.2) is 4.98 Å². The van der Waals surface area contributed by atoms with E-state index in [1.807, 2.05) is 24.5 Å². The summed E-state index contributed by atoms with van der Waals surface area (Å²) in [5.41, 5.74) is 2.34. The van der Waals surface area contributed by atoms with Crippen molar-refractivity contribution in [3.63, 3.8) is 0 Å². The molecule has 1 aromatic heterocycles. The molecule has 0 bridgehead atoms. The highest BCUT2D eigenvalue weighted by atomic mass is 35.5. The first-order valence-corrected chi connectivity index (χ1v) is 7.55. The van der Waals surface area contributed by atoms with Gasteiger partial charge in [-0.2, -0.15) is 0 Å². The van der Waals surface area contributed by atoms with Gasteiger partial charge in [0.15, 0.2) is 0 Å². The lowest BCUT2D eigenvalue weighted by Crippen LogP contribution is -2.26. The van der Waals surface area contributed by atoms with E-state index in [9.17, 15) is 0 Å². The molecule has 2 aromatic rings. The molecule has 3 nitrogen and oxygen atoms in total. The van der Waals surface area contributed by atoms with E-state index in [4.69, 9.17) is 11.6 Å². The van der Waals surface area contributed by atoms with E-state index in [1.165, 1.54) is 11.1 Å². The quantitative estimate of drug-likeness (QED) is 0.873. The second kappa shape index (κ2) is 6.91. The maximum absolute atomic E-state index is 6.21. The summed E-state index contributed by atoms with van der Waals surface area (Å²) >= 11 is 6.21. The first-order chi connectivity index (χ1) is 9.65. The smallest absolute Gasteiger partial charge is 0.130 e. The number of rotatable bonds is 6. The fraction of sp³-hybridized carbons (Fsp3) is 0.438. The van der Waals surface area contributed by atoms with Gasteiger partial charge in [-0.1, -0.05) is 24.6 Å². The summed E-state index contributed by atoms with van der Waals surface area (Å²) in [6, 6.07) is 6.26. The highest BCUT2D eigenvalue weighted by molar-refractivity contribution is 6.30. The normalized spacial score (nSPS) is 12.6. The molecule has 0 saturated carbocycles. The van der Waals surface area contributed by atoms with Crippen LogP contribution in [0.4, 0.5) is 0 Å². The lowest BCUT2D eigenvalue weighted by molar-refractivity contribution is 0.541. The minimum absolute atomic E-state index is 0.0855. The van der Waals surface area contributed by atoms with E-state index in [-0.39, 0.29) is 6.04 Å². The molecule has 0 aliphatic heterocycles. The van der Waals surface area contributed by atoms with Crippen LogP contribution in [0.2, 0.25) is 5.02 Å². The molecule has 1 heterocycles. The number of hydrogen-bond acceptors (Lipinski definition) is 2. The topological polar surface area (TPSA) is 29.9 Å². The number of hydrogen-bond donors (Lipinski definition) is 1. The predicted molar refractivity (Wildman–Crippen MR) is 84.2 cm³/mol. The van der Waals surface area contributed by atoms with Crippen molar-refractivity contribution < 1.29 is 0 Å². The van der Waals surface area contributed by atoms with Gasteiger partial charge < -0.3 is 9.88 Å². The third kappa shape index (κ3) is 3.41. The van der Waals surface area contributed by atoms with Crippen molar-refractivity contribution in [2.45, 2.75) is 39.8 Å². The number of halogens is 1. The van der Waals surface area contributed by atoms with Gasteiger partial charge in [0.25, 0.3) is 0 Å². The lowest BCUT2D eigenvalue weighted by atomic mass is 10.0. The maximum Gasteiger partial charge on any atom is 0.130 e. The minimum atomic E-state index is 0.0855. The molecule has 1 aromatic carbocycles. The van der Waals surface area contributed by atoms with Crippen molar-refractivity contribution in [2.24, 2.45) is 0 Å². The third-order valence-electron chi connectivity index (χ3n) is 3.34. The van der Waals surface area contributed by atoms with Crippen LogP contribution in [-0.2, 0) is 6.54 Å². The van der Waals surface area contributed by atoms with Crippen molar-refractivity contribution >= 4 is 11.6 Å². The summed E-state index contributed by atoms with van der Waals surface area (Å²) in [4.78, 5) is 4.53. The largest absolute Gasteiger partial charge is 0.334 e. The summed E-state index contributed by atoms with van der Waals surface area (Å²) in [7, 11) is 0. The van der Waals surface area contributed by atoms with Crippen LogP contribution in [0.3, 0.4) is 0 Å². The first kappa shape index (κ1) is 15.1. The average molecular weight is 292 g/mol. The molecule has 1 unspecified atom stereocenters. The molecule has 2 rings (SSSR count). The summed E-state index contributed by atoms with van der Waals surface area (Å²) in [6.45, 7) is 8.23. The molecule has 1 atom stereocenters. The van der Waals surface area contributed by atoms with Crippen LogP contribution in [0.25, 0.3) is 0 Å². The van der Waals surface area contributed by atoms with Gasteiger partial charge in [0, 0.05) is 24.0 Å². The zero-order valence-electron chi connectivity index (χ0n) is 12.4. The molecular weight excluding hydrogens is 270 g/mol. The number of aryl methyl sites for hydroxylation is 2. The third-order valence-corrected chi connectivity index (χ3v) is 3.56. The van der Waals surface area contributed by atoms with E-state index in [0.717, 1.165) is 30.4 Å². The Morgan fingerprint density at radius 2 is 2.10 bits per heavy atom. The molecule has 108 valence electrons. The number of nitrogens with one attached hydrogen (secondary N) is 1. The number of nitrogens with zero attached hydrogens (tertiary/aromatic N) is 2. The van der Waals surface area contributed by atoms with Gasteiger partial charge in [0.1, 0.15) is 5.82 Å². The highest BCUT2D eigenvalue weighted by Gasteiger charge is 2.18. The SMILES string of the molecule is CCCNC(c1cc(C)cc(Cl)c1)c1nccn1CC. The average Bonchev–Trinajstić information content (AvgIpc) is 2.86. The standard InChI is InChI=1S/C16H22ClN3/c1-4-6-18-15(16-19-7-8-20(16)5-2)13-9-12(3)10-14(17)11-13/h7-11,15,18H,4-6H2,1-3H3. The Bertz CT molecular complexity index is 542. The van der Waals surface area contributed by atoms with Crippen molar-refractivity contribution in [1.82, 2.24) is 14.9 Å². The summed E-state index contributed by atoms with van der Waals surface area (Å²) in [5, 5.41) is 4.35. The van der Waals surface area contributed by atoms with Crippen LogP contribution < -0.4 is 5.32 Å². The number of imidazole rings is 1. The van der Waals surface area contributed by atoms with Gasteiger partial charge in [0.2, 0.25) is 0 Å². The molecule has 1 N–H and O–H groups in total. The van der Waals surface area contributed by atoms with E-state index in [0.29, 0.717) is 0 Å². The van der Waals surface area contributed by atoms with E-state index < -0.39 is 0 Å². The van der Waals surface area contributed by atoms with Crippen molar-refractivity contribution in [3.8, 4) is 0 Å². The van der Waals surface area contributed by atoms with Crippen molar-refractivity contribution in [1.29, 1.82) is 0 Å². The molecule has 0 radical (unpaired) electrons. The van der Waals surface area contributed by atoms with Crippen molar-refractivity contribution in [3.05, 3.63) is 52.6 Å². The van der Waals surface area contributed by atoms with Gasteiger partial charge in [-0.3, -0.25) is 0 Å². The Labute approximate surface area is 126 Å². The first-order valence-electron chi connectivity index (χ1n) is 7.17. The Kier molecular flexibility index (Phi) is 5.21. The van der Waals surface area contributed by atoms with E-state index >= 15 is 0 Å². The van der Waals surface area contributed by atoms with Gasteiger partial charge in [-0.05, 0) is 50.1 Å². The molecule has 20 heavy (non-hydrogen) atoms. The highest BCUT2D eigenvalue weighted by Crippen LogP contribution is 2.25. The summed E-state index contributed by atoms with van der Waals surface area (Å²) in [5.74, 6) is 1.04. The van der Waals surface area contributed by atoms with Gasteiger partial charge in [-0.15, -0.1) is 0 Å². The molecule has 0 spiro atoms. The Morgan fingerprint density at radius 3 is 2.75 bits per heavy atom. The molecule has 4 heteroatoms. The van der Waals surface area contributed by atoms with Crippen LogP contribution in [-0.4, -0.2) is 16.1 Å². The van der Waals surface area contributed by atoms with E-state index in [2.05, 4.69) is 41.7 Å². The number of benzene rings is 1. The Hall–Kier alpha value is -1.32. The maximum atomic E-state index is 6.21. The molecule has 0 aliphatic rings. The number of aromatic nitrogens is 2. The molecule has 0 saturated heterocycles. The zero-order valence-corrected chi connectivity index (χ0v) is 13.1. The monoisotopic (exact) mass is 291 g/mol. The van der Waals surface area contributed by atoms with Crippen LogP contribution >= 0.6 is 11.6 Å². The van der Waals surface area contributed by atoms with Crippen LogP contribution in [0.5, 0.6) is 0 Å². The summed E-state index contributed by atoms with van der Waals surface area (Å²) in [6.07, 6.45) is 4.97. The Balaban J connectivity index is 2.41. The van der Waals surface area contributed by atoms with E-state index in [1.54, 1.807) is 0 Å². The van der Waals surface area contributed by atoms with Gasteiger partial charge >= 0.3 is 0 Å². The van der Waals surface area contributed by atoms with Crippen LogP contribution in [0.1, 0.15) is 43.3 Å². The fourth-order valence-corrected chi connectivity index (χ4v) is 2.72. The minimum Gasteiger partial charge on any atom is -0.334 e. The molecular formula is C16H22ClN3. The van der Waals surface area contributed by atoms with Crippen LogP contribution in [0.15, 0.2) is 30.6 Å². The molecule has 0 fully saturated rings. The Morgan fingerprint density at radius 1 is 1.30 bits per heavy atom. The van der Waals surface area contributed by atoms with Crippen molar-refractivity contribution in [2.75, 3.05) is 6.54 Å². The second-order valence-electron chi connectivity index (χ2n) is 5.02. The summed E-state index contributed by atoms with van der Waals surface area (Å²) < 4.78 is 2.17. The lowest BCUT2D eigenvalue weighted by Gasteiger charge is -2.20. The van der Waals surface area contributed by atoms with Crippen LogP contribution in [0, 0.1) is 6.92 Å². The second-order valence-corrected chi connectivity index (χ2v) is 5.46. The predicted octanol–water partition coefficient (Wildman–Crippen LogP) is 3.95. The van der Waals surface area contributed by atoms with Gasteiger partial charge in [0.05, 0.1) is 6.04 Å². The molecule has 0 amide bonds. The zero-order chi connectivity index (χ0) is 14.5. The molecule has 0 aliphatic carbocycles.